The molecule has 1 N–H and O–H groups in total. The van der Waals surface area contributed by atoms with Gasteiger partial charge in [0.05, 0.1) is 5.56 Å². The highest BCUT2D eigenvalue weighted by molar-refractivity contribution is 9.10. The van der Waals surface area contributed by atoms with Crippen molar-refractivity contribution in [3.63, 3.8) is 0 Å². The summed E-state index contributed by atoms with van der Waals surface area (Å²) in [5.41, 5.74) is 1.59. The zero-order chi connectivity index (χ0) is 21.5. The second-order valence-corrected chi connectivity index (χ2v) is 7.93. The van der Waals surface area contributed by atoms with Gasteiger partial charge in [0.15, 0.2) is 0 Å². The number of ether oxygens (including phenoxy) is 1. The zero-order valence-electron chi connectivity index (χ0n) is 15.4. The number of halogens is 2. The first kappa shape index (κ1) is 21.5. The Morgan fingerprint density at radius 3 is 2.00 bits per heavy atom. The summed E-state index contributed by atoms with van der Waals surface area (Å²) < 4.78 is 7.09. The van der Waals surface area contributed by atoms with Crippen LogP contribution in [-0.4, -0.2) is 11.9 Å². The van der Waals surface area contributed by atoms with Crippen LogP contribution in [0.5, 0.6) is 5.75 Å². The first-order chi connectivity index (χ1) is 14.4. The summed E-state index contributed by atoms with van der Waals surface area (Å²) in [6, 6.07) is 22.3. The van der Waals surface area contributed by atoms with E-state index >= 15 is 0 Å². The Balaban J connectivity index is 1.67. The van der Waals surface area contributed by atoms with Crippen molar-refractivity contribution in [3.8, 4) is 11.8 Å². The highest BCUT2D eigenvalue weighted by atomic mass is 79.9. The minimum atomic E-state index is -0.509. The van der Waals surface area contributed by atoms with E-state index in [1.54, 1.807) is 72.8 Å². The molecule has 30 heavy (non-hydrogen) atoms. The first-order valence-corrected chi connectivity index (χ1v) is 10.3. The van der Waals surface area contributed by atoms with Crippen LogP contribution in [0.1, 0.15) is 15.9 Å². The summed E-state index contributed by atoms with van der Waals surface area (Å²) in [4.78, 5) is 24.5. The van der Waals surface area contributed by atoms with Gasteiger partial charge in [0.1, 0.15) is 17.4 Å². The molecule has 0 saturated heterocycles. The highest BCUT2D eigenvalue weighted by Crippen LogP contribution is 2.19. The molecule has 7 heteroatoms. The molecule has 0 atom stereocenters. The third-order valence-electron chi connectivity index (χ3n) is 3.95. The molecule has 5 nitrogen and oxygen atoms in total. The Hall–Kier alpha value is -3.21. The normalized spacial score (nSPS) is 10.8. The number of esters is 1. The monoisotopic (exact) mass is 524 g/mol. The Labute approximate surface area is 190 Å². The van der Waals surface area contributed by atoms with E-state index in [1.807, 2.05) is 6.07 Å². The minimum Gasteiger partial charge on any atom is -0.423 e. The van der Waals surface area contributed by atoms with E-state index in [-0.39, 0.29) is 5.57 Å². The molecular weight excluding hydrogens is 512 g/mol. The molecule has 0 heterocycles. The second-order valence-electron chi connectivity index (χ2n) is 6.10. The molecule has 3 rings (SSSR count). The van der Waals surface area contributed by atoms with Gasteiger partial charge in [0.25, 0.3) is 5.91 Å². The zero-order valence-corrected chi connectivity index (χ0v) is 18.6. The molecular formula is C23H14Br2N2O3. The highest BCUT2D eigenvalue weighted by Gasteiger charge is 2.11. The van der Waals surface area contributed by atoms with Crippen molar-refractivity contribution in [1.82, 2.24) is 0 Å². The molecule has 0 radical (unpaired) electrons. The number of amides is 1. The van der Waals surface area contributed by atoms with Crippen molar-refractivity contribution in [2.45, 2.75) is 0 Å². The van der Waals surface area contributed by atoms with Crippen LogP contribution in [0.4, 0.5) is 5.69 Å². The number of rotatable bonds is 5. The van der Waals surface area contributed by atoms with Gasteiger partial charge in [-0.3, -0.25) is 4.79 Å². The van der Waals surface area contributed by atoms with Gasteiger partial charge in [0, 0.05) is 14.6 Å². The quantitative estimate of drug-likeness (QED) is 0.192. The van der Waals surface area contributed by atoms with Crippen molar-refractivity contribution >= 4 is 55.5 Å². The van der Waals surface area contributed by atoms with Crippen molar-refractivity contribution < 1.29 is 14.3 Å². The molecule has 0 aromatic heterocycles. The van der Waals surface area contributed by atoms with E-state index in [2.05, 4.69) is 37.2 Å². The van der Waals surface area contributed by atoms with Crippen molar-refractivity contribution in [2.75, 3.05) is 5.32 Å². The maximum atomic E-state index is 12.3. The summed E-state index contributed by atoms with van der Waals surface area (Å²) >= 11 is 6.64. The molecule has 0 bridgehead atoms. The fourth-order valence-corrected chi connectivity index (χ4v) is 2.96. The van der Waals surface area contributed by atoms with E-state index in [4.69, 9.17) is 4.74 Å². The Morgan fingerprint density at radius 2 is 1.43 bits per heavy atom. The lowest BCUT2D eigenvalue weighted by atomic mass is 10.1. The van der Waals surface area contributed by atoms with Gasteiger partial charge in [-0.2, -0.15) is 5.26 Å². The topological polar surface area (TPSA) is 79.2 Å². The van der Waals surface area contributed by atoms with Crippen LogP contribution in [-0.2, 0) is 4.79 Å². The smallest absolute Gasteiger partial charge is 0.343 e. The van der Waals surface area contributed by atoms with Crippen LogP contribution in [0.2, 0.25) is 0 Å². The maximum absolute atomic E-state index is 12.3. The molecule has 0 saturated carbocycles. The van der Waals surface area contributed by atoms with Crippen molar-refractivity contribution in [1.29, 1.82) is 5.26 Å². The number of carbonyl (C=O) groups excluding carboxylic acids is 2. The third-order valence-corrected chi connectivity index (χ3v) is 5.01. The number of nitrogens with zero attached hydrogens (tertiary/aromatic N) is 1. The lowest BCUT2D eigenvalue weighted by Crippen LogP contribution is -2.13. The van der Waals surface area contributed by atoms with Crippen LogP contribution < -0.4 is 10.1 Å². The Morgan fingerprint density at radius 1 is 0.867 bits per heavy atom. The van der Waals surface area contributed by atoms with E-state index < -0.39 is 11.9 Å². The van der Waals surface area contributed by atoms with Gasteiger partial charge in [-0.1, -0.05) is 44.0 Å². The van der Waals surface area contributed by atoms with Crippen LogP contribution in [0.25, 0.3) is 6.08 Å². The summed E-state index contributed by atoms with van der Waals surface area (Å²) in [7, 11) is 0. The van der Waals surface area contributed by atoms with Gasteiger partial charge >= 0.3 is 5.97 Å². The second kappa shape index (κ2) is 10.0. The third kappa shape index (κ3) is 5.89. The van der Waals surface area contributed by atoms with Gasteiger partial charge in [-0.05, 0) is 72.3 Å². The number of nitriles is 1. The number of nitrogens with one attached hydrogen (secondary N) is 1. The average Bonchev–Trinajstić information content (AvgIpc) is 2.75. The van der Waals surface area contributed by atoms with Crippen LogP contribution in [0.15, 0.2) is 87.3 Å². The van der Waals surface area contributed by atoms with Gasteiger partial charge < -0.3 is 10.1 Å². The minimum absolute atomic E-state index is 0.0440. The summed E-state index contributed by atoms with van der Waals surface area (Å²) in [5, 5.41) is 12.0. The maximum Gasteiger partial charge on any atom is 0.343 e. The fraction of sp³-hybridized carbons (Fsp3) is 0. The number of hydrogen-bond acceptors (Lipinski definition) is 4. The Bertz CT molecular complexity index is 1130. The number of hydrogen-bond donors (Lipinski definition) is 1. The number of anilines is 1. The van der Waals surface area contributed by atoms with Crippen LogP contribution in [0.3, 0.4) is 0 Å². The fourth-order valence-electron chi connectivity index (χ4n) is 2.43. The van der Waals surface area contributed by atoms with Gasteiger partial charge in [-0.15, -0.1) is 0 Å². The van der Waals surface area contributed by atoms with Gasteiger partial charge in [-0.25, -0.2) is 4.79 Å². The summed E-state index contributed by atoms with van der Waals surface area (Å²) in [6.07, 6.45) is 1.47. The molecule has 3 aromatic carbocycles. The largest absolute Gasteiger partial charge is 0.423 e. The number of carbonyl (C=O) groups is 2. The molecule has 3 aromatic rings. The Kier molecular flexibility index (Phi) is 7.17. The molecule has 0 fully saturated rings. The van der Waals surface area contributed by atoms with E-state index in [1.165, 1.54) is 6.08 Å². The van der Waals surface area contributed by atoms with Crippen molar-refractivity contribution in [3.05, 3.63) is 98.4 Å². The van der Waals surface area contributed by atoms with E-state index in [0.717, 1.165) is 8.95 Å². The lowest BCUT2D eigenvalue weighted by Gasteiger charge is -2.06. The summed E-state index contributed by atoms with van der Waals surface area (Å²) in [5.74, 6) is -0.624. The lowest BCUT2D eigenvalue weighted by molar-refractivity contribution is -0.112. The molecule has 0 aliphatic rings. The van der Waals surface area contributed by atoms with Crippen molar-refractivity contribution in [2.24, 2.45) is 0 Å². The predicted octanol–water partition coefficient (Wildman–Crippen LogP) is 5.98. The molecule has 1 amide bonds. The average molecular weight is 526 g/mol. The van der Waals surface area contributed by atoms with Crippen LogP contribution in [0, 0.1) is 11.3 Å². The van der Waals surface area contributed by atoms with E-state index in [0.29, 0.717) is 22.6 Å². The first-order valence-electron chi connectivity index (χ1n) is 8.71. The van der Waals surface area contributed by atoms with Crippen LogP contribution >= 0.6 is 31.9 Å². The summed E-state index contributed by atoms with van der Waals surface area (Å²) in [6.45, 7) is 0. The standard InChI is InChI=1S/C23H14Br2N2O3/c24-18-5-3-16(4-6-18)23(29)30-21-11-1-15(2-12-21)13-17(14-26)22(28)27-20-9-7-19(25)8-10-20/h1-13H,(H,27,28)/b17-13-. The van der Waals surface area contributed by atoms with Gasteiger partial charge in [0.2, 0.25) is 0 Å². The molecule has 0 spiro atoms. The SMILES string of the molecule is N#C/C(=C/c1ccc(OC(=O)c2ccc(Br)cc2)cc1)C(=O)Nc1ccc(Br)cc1. The predicted molar refractivity (Wildman–Crippen MR) is 122 cm³/mol. The molecule has 0 aliphatic heterocycles. The molecule has 0 aliphatic carbocycles. The molecule has 148 valence electrons. The van der Waals surface area contributed by atoms with E-state index in [9.17, 15) is 14.9 Å². The molecule has 0 unspecified atom stereocenters. The number of benzene rings is 3.